The molecule has 0 atom stereocenters. The first kappa shape index (κ1) is 28.6. The number of nitrogens with zero attached hydrogens (tertiary/aromatic N) is 9. The van der Waals surface area contributed by atoms with E-state index in [0.29, 0.717) is 22.8 Å². The third-order valence-corrected chi connectivity index (χ3v) is 7.38. The van der Waals surface area contributed by atoms with Crippen LogP contribution in [-0.2, 0) is 0 Å². The zero-order chi connectivity index (χ0) is 32.3. The quantitative estimate of drug-likeness (QED) is 0.144. The fourth-order valence-corrected chi connectivity index (χ4v) is 5.07. The van der Waals surface area contributed by atoms with Crippen molar-refractivity contribution < 1.29 is 14.5 Å². The second kappa shape index (κ2) is 12.1. The summed E-state index contributed by atoms with van der Waals surface area (Å²) in [5.74, 6) is 0.870. The van der Waals surface area contributed by atoms with E-state index in [9.17, 15) is 19.7 Å². The summed E-state index contributed by atoms with van der Waals surface area (Å²) in [4.78, 5) is 35.2. The van der Waals surface area contributed by atoms with Crippen molar-refractivity contribution in [2.24, 2.45) is 0 Å². The number of benzene rings is 4. The third-order valence-electron chi connectivity index (χ3n) is 7.38. The highest BCUT2D eigenvalue weighted by Gasteiger charge is 2.16. The zero-order valence-corrected chi connectivity index (χ0v) is 24.1. The van der Waals surface area contributed by atoms with Crippen molar-refractivity contribution in [2.45, 2.75) is 0 Å². The summed E-state index contributed by atoms with van der Waals surface area (Å²) in [6.45, 7) is 0. The van der Waals surface area contributed by atoms with E-state index in [1.54, 1.807) is 45.8 Å². The summed E-state index contributed by atoms with van der Waals surface area (Å²) in [6, 6.07) is 29.3. The predicted molar refractivity (Wildman–Crippen MR) is 169 cm³/mol. The van der Waals surface area contributed by atoms with Gasteiger partial charge >= 0.3 is 6.03 Å². The van der Waals surface area contributed by atoms with Gasteiger partial charge in [-0.05, 0) is 71.1 Å². The van der Waals surface area contributed by atoms with E-state index >= 15 is 0 Å². The number of non-ortho nitro benzene ring substituents is 1. The average molecular weight is 624 g/mol. The maximum absolute atomic E-state index is 13.3. The molecular formula is C32H21N11O4. The van der Waals surface area contributed by atoms with Crippen LogP contribution in [0.2, 0.25) is 0 Å². The number of carbonyl (C=O) groups is 2. The highest BCUT2D eigenvalue weighted by molar-refractivity contribution is 6.09. The van der Waals surface area contributed by atoms with Crippen molar-refractivity contribution in [3.63, 3.8) is 0 Å². The largest absolute Gasteiger partial charge is 0.337 e. The molecule has 15 heteroatoms. The summed E-state index contributed by atoms with van der Waals surface area (Å²) in [5.41, 5.74) is 4.22. The zero-order valence-electron chi connectivity index (χ0n) is 24.1. The Morgan fingerprint density at radius 3 is 1.62 bits per heavy atom. The molecule has 228 valence electrons. The number of hydrogen-bond donors (Lipinski definition) is 2. The standard InChI is InChI=1S/C19H12N10O.C13H9NO3/c30-19(28-7-5-11-9-13(1-3-15(11)28)17-20-24-25-21-17)29-8-6-12-10-14(2-4-16(12)29)18-22-26-27-23-18;15-13(10-4-2-1-3-5-10)11-6-8-12(9-7-11)14(16)17/h1-10H,(H,20,21,24,25)(H,22,23,26,27);1-9H. The van der Waals surface area contributed by atoms with E-state index in [1.165, 1.54) is 24.3 Å². The number of fused-ring (bicyclic) bond motifs is 2. The molecule has 4 aromatic carbocycles. The number of nitrogens with one attached hydrogen (secondary N) is 2. The Hall–Kier alpha value is -7.16. The molecule has 0 aliphatic heterocycles. The molecule has 4 aromatic heterocycles. The number of ketones is 1. The number of tetrazole rings is 2. The van der Waals surface area contributed by atoms with Crippen LogP contribution in [0.3, 0.4) is 0 Å². The maximum Gasteiger partial charge on any atom is 0.337 e. The SMILES string of the molecule is O=C(c1ccccc1)c1ccc([N+](=O)[O-])cc1.O=C(n1ccc2cc(-c3nn[nH]n3)ccc21)n1ccc2cc(-c3nn[nH]n3)ccc21. The van der Waals surface area contributed by atoms with Gasteiger partial charge in [0.2, 0.25) is 11.6 Å². The van der Waals surface area contributed by atoms with Crippen LogP contribution in [0.25, 0.3) is 44.6 Å². The number of hydrogen-bond acceptors (Lipinski definition) is 10. The van der Waals surface area contributed by atoms with Crippen LogP contribution in [0.5, 0.6) is 0 Å². The highest BCUT2D eigenvalue weighted by atomic mass is 16.6. The molecule has 0 fully saturated rings. The highest BCUT2D eigenvalue weighted by Crippen LogP contribution is 2.26. The van der Waals surface area contributed by atoms with Crippen molar-refractivity contribution in [3.05, 3.63) is 137 Å². The third kappa shape index (κ3) is 5.62. The van der Waals surface area contributed by atoms with Gasteiger partial charge in [0.1, 0.15) is 0 Å². The summed E-state index contributed by atoms with van der Waals surface area (Å²) in [5, 5.41) is 40.3. The summed E-state index contributed by atoms with van der Waals surface area (Å²) < 4.78 is 3.23. The lowest BCUT2D eigenvalue weighted by Gasteiger charge is -2.07. The second-order valence-corrected chi connectivity index (χ2v) is 10.2. The van der Waals surface area contributed by atoms with Gasteiger partial charge in [-0.2, -0.15) is 10.4 Å². The van der Waals surface area contributed by atoms with Crippen LogP contribution >= 0.6 is 0 Å². The molecule has 0 radical (unpaired) electrons. The normalized spacial score (nSPS) is 10.9. The van der Waals surface area contributed by atoms with Crippen molar-refractivity contribution in [2.75, 3.05) is 0 Å². The number of aromatic nitrogens is 10. The summed E-state index contributed by atoms with van der Waals surface area (Å²) in [6.07, 6.45) is 3.51. The Morgan fingerprint density at radius 1 is 0.638 bits per heavy atom. The Bertz CT molecular complexity index is 2250. The van der Waals surface area contributed by atoms with Gasteiger partial charge in [-0.15, -0.1) is 20.4 Å². The van der Waals surface area contributed by atoms with E-state index in [-0.39, 0.29) is 17.5 Å². The minimum absolute atomic E-state index is 0.0189. The number of nitro groups is 1. The molecule has 2 N–H and O–H groups in total. The predicted octanol–water partition coefficient (Wildman–Crippen LogP) is 5.30. The number of H-pyrrole nitrogens is 2. The van der Waals surface area contributed by atoms with Gasteiger partial charge in [-0.1, -0.05) is 30.3 Å². The Kier molecular flexibility index (Phi) is 7.35. The number of carbonyl (C=O) groups excluding carboxylic acids is 2. The van der Waals surface area contributed by atoms with Crippen molar-refractivity contribution in [3.8, 4) is 22.8 Å². The Balaban J connectivity index is 0.000000176. The molecule has 0 spiro atoms. The van der Waals surface area contributed by atoms with Crippen molar-refractivity contribution >= 4 is 39.3 Å². The van der Waals surface area contributed by atoms with E-state index in [1.807, 2.05) is 54.6 Å². The van der Waals surface area contributed by atoms with E-state index in [2.05, 4.69) is 41.2 Å². The van der Waals surface area contributed by atoms with Crippen LogP contribution in [0, 0.1) is 10.1 Å². The van der Waals surface area contributed by atoms with E-state index in [4.69, 9.17) is 0 Å². The molecule has 0 saturated carbocycles. The molecule has 0 amide bonds. The van der Waals surface area contributed by atoms with Gasteiger partial charge in [0.15, 0.2) is 5.78 Å². The maximum atomic E-state index is 13.3. The van der Waals surface area contributed by atoms with Gasteiger partial charge in [-0.25, -0.2) is 4.79 Å². The van der Waals surface area contributed by atoms with Crippen LogP contribution in [-0.4, -0.2) is 67.1 Å². The number of rotatable bonds is 5. The first-order valence-corrected chi connectivity index (χ1v) is 14.0. The van der Waals surface area contributed by atoms with Gasteiger partial charge in [-0.3, -0.25) is 24.0 Å². The molecule has 0 saturated heterocycles. The Labute approximate surface area is 263 Å². The molecule has 8 rings (SSSR count). The molecular weight excluding hydrogens is 602 g/mol. The van der Waals surface area contributed by atoms with E-state index < -0.39 is 4.92 Å². The molecule has 0 aliphatic rings. The fraction of sp³-hybridized carbons (Fsp3) is 0. The minimum Gasteiger partial charge on any atom is -0.289 e. The van der Waals surface area contributed by atoms with Crippen molar-refractivity contribution in [1.82, 2.24) is 50.4 Å². The first-order valence-electron chi connectivity index (χ1n) is 14.0. The molecule has 4 heterocycles. The second-order valence-electron chi connectivity index (χ2n) is 10.2. The van der Waals surface area contributed by atoms with Crippen LogP contribution in [0.1, 0.15) is 15.9 Å². The van der Waals surface area contributed by atoms with Gasteiger partial charge in [0.05, 0.1) is 16.0 Å². The lowest BCUT2D eigenvalue weighted by Crippen LogP contribution is -2.17. The number of aromatic amines is 2. The monoisotopic (exact) mass is 623 g/mol. The van der Waals surface area contributed by atoms with Gasteiger partial charge < -0.3 is 0 Å². The summed E-state index contributed by atoms with van der Waals surface area (Å²) >= 11 is 0. The molecule has 0 aliphatic carbocycles. The molecule has 47 heavy (non-hydrogen) atoms. The lowest BCUT2D eigenvalue weighted by atomic mass is 10.0. The molecule has 0 bridgehead atoms. The van der Waals surface area contributed by atoms with Gasteiger partial charge in [0, 0.05) is 57.6 Å². The molecule has 0 unspecified atom stereocenters. The topological polar surface area (TPSA) is 196 Å². The Morgan fingerprint density at radius 2 is 1.15 bits per heavy atom. The fourth-order valence-electron chi connectivity index (χ4n) is 5.07. The van der Waals surface area contributed by atoms with E-state index in [0.717, 1.165) is 32.9 Å². The molecule has 8 aromatic rings. The molecule has 15 nitrogen and oxygen atoms in total. The van der Waals surface area contributed by atoms with Gasteiger partial charge in [0.25, 0.3) is 5.69 Å². The average Bonchev–Trinajstić information content (AvgIpc) is 3.95. The van der Waals surface area contributed by atoms with Crippen LogP contribution in [0.15, 0.2) is 116 Å². The summed E-state index contributed by atoms with van der Waals surface area (Å²) in [7, 11) is 0. The van der Waals surface area contributed by atoms with Crippen molar-refractivity contribution in [1.29, 1.82) is 0 Å². The smallest absolute Gasteiger partial charge is 0.289 e. The number of nitro benzene ring substituents is 1. The first-order chi connectivity index (χ1) is 23.0. The van der Waals surface area contributed by atoms with Crippen LogP contribution in [0.4, 0.5) is 10.5 Å². The van der Waals surface area contributed by atoms with Crippen LogP contribution < -0.4 is 0 Å². The minimum atomic E-state index is -0.489. The lowest BCUT2D eigenvalue weighted by molar-refractivity contribution is -0.384.